The van der Waals surface area contributed by atoms with E-state index in [0.717, 1.165) is 6.07 Å². The molecule has 2 rings (SSSR count). The summed E-state index contributed by atoms with van der Waals surface area (Å²) < 4.78 is 71.1. The van der Waals surface area contributed by atoms with Crippen molar-refractivity contribution in [3.63, 3.8) is 0 Å². The van der Waals surface area contributed by atoms with E-state index in [4.69, 9.17) is 16.3 Å². The molecule has 0 aromatic heterocycles. The van der Waals surface area contributed by atoms with Crippen LogP contribution in [-0.2, 0) is 32.2 Å². The molecule has 1 atom stereocenters. The van der Waals surface area contributed by atoms with Gasteiger partial charge in [-0.2, -0.15) is 17.9 Å². The summed E-state index contributed by atoms with van der Waals surface area (Å²) in [4.78, 5) is 11.4. The van der Waals surface area contributed by atoms with E-state index in [-0.39, 0.29) is 13.0 Å². The zero-order valence-corrected chi connectivity index (χ0v) is 16.2. The number of rotatable bonds is 7. The molecule has 2 aromatic rings. The zero-order chi connectivity index (χ0) is 20.9. The van der Waals surface area contributed by atoms with E-state index in [0.29, 0.717) is 17.7 Å². The normalized spacial score (nSPS) is 13.2. The molecule has 152 valence electrons. The molecular weight excluding hydrogens is 419 g/mol. The summed E-state index contributed by atoms with van der Waals surface area (Å²) in [6, 6.07) is 9.12. The van der Waals surface area contributed by atoms with Crippen LogP contribution in [0.2, 0.25) is 5.02 Å². The van der Waals surface area contributed by atoms with Gasteiger partial charge in [-0.1, -0.05) is 41.9 Å². The first-order valence-electron chi connectivity index (χ1n) is 8.14. The van der Waals surface area contributed by atoms with Gasteiger partial charge in [0, 0.05) is 0 Å². The summed E-state index contributed by atoms with van der Waals surface area (Å²) in [5.41, 5.74) is -0.536. The quantitative estimate of drug-likeness (QED) is 0.671. The number of halogens is 4. The van der Waals surface area contributed by atoms with Crippen molar-refractivity contribution in [2.24, 2.45) is 0 Å². The van der Waals surface area contributed by atoms with Gasteiger partial charge in [-0.25, -0.2) is 8.42 Å². The van der Waals surface area contributed by atoms with Crippen molar-refractivity contribution in [3.05, 3.63) is 64.7 Å². The van der Waals surface area contributed by atoms with Crippen molar-refractivity contribution in [1.82, 2.24) is 4.72 Å². The number of carbonyl (C=O) groups is 1. The summed E-state index contributed by atoms with van der Waals surface area (Å²) in [6.45, 7) is 1.56. The van der Waals surface area contributed by atoms with Crippen LogP contribution in [0.25, 0.3) is 0 Å². The number of nitrogens with one attached hydrogen (secondary N) is 1. The first-order valence-corrected chi connectivity index (χ1v) is 10.0. The van der Waals surface area contributed by atoms with Crippen molar-refractivity contribution in [2.75, 3.05) is 6.61 Å². The summed E-state index contributed by atoms with van der Waals surface area (Å²) in [5.74, 6) is -0.849. The maximum atomic E-state index is 12.9. The molecule has 0 heterocycles. The van der Waals surface area contributed by atoms with Crippen molar-refractivity contribution in [1.29, 1.82) is 0 Å². The Morgan fingerprint density at radius 2 is 1.82 bits per heavy atom. The lowest BCUT2D eigenvalue weighted by Crippen LogP contribution is -2.43. The van der Waals surface area contributed by atoms with Gasteiger partial charge in [-0.05, 0) is 37.1 Å². The molecule has 0 saturated heterocycles. The van der Waals surface area contributed by atoms with Gasteiger partial charge in [-0.15, -0.1) is 0 Å². The molecule has 2 aromatic carbocycles. The molecule has 1 unspecified atom stereocenters. The molecule has 0 aliphatic carbocycles. The summed E-state index contributed by atoms with van der Waals surface area (Å²) >= 11 is 5.81. The number of alkyl halides is 3. The van der Waals surface area contributed by atoms with Crippen molar-refractivity contribution in [3.8, 4) is 0 Å². The second kappa shape index (κ2) is 8.93. The summed E-state index contributed by atoms with van der Waals surface area (Å²) in [7, 11) is -4.54. The smallest absolute Gasteiger partial charge is 0.416 e. The SMILES string of the molecule is CCOC(=O)C(Cc1ccccc1)NS(=O)(=O)c1cc(C(F)(F)F)ccc1Cl. The second-order valence-corrected chi connectivity index (χ2v) is 7.85. The third-order valence-corrected chi connectivity index (χ3v) is 5.65. The minimum absolute atomic E-state index is 0.0101. The van der Waals surface area contributed by atoms with E-state index in [2.05, 4.69) is 4.72 Å². The third-order valence-electron chi connectivity index (χ3n) is 3.70. The Labute approximate surface area is 165 Å². The number of sulfonamides is 1. The summed E-state index contributed by atoms with van der Waals surface area (Å²) in [5, 5.41) is -0.400. The number of hydrogen-bond acceptors (Lipinski definition) is 4. The fourth-order valence-electron chi connectivity index (χ4n) is 2.40. The predicted octanol–water partition coefficient (Wildman–Crippen LogP) is 3.81. The number of benzene rings is 2. The minimum Gasteiger partial charge on any atom is -0.465 e. The fraction of sp³-hybridized carbons (Fsp3) is 0.278. The Hall–Kier alpha value is -2.10. The lowest BCUT2D eigenvalue weighted by atomic mass is 10.1. The molecule has 0 saturated carbocycles. The van der Waals surface area contributed by atoms with Crippen LogP contribution >= 0.6 is 11.6 Å². The largest absolute Gasteiger partial charge is 0.465 e. The van der Waals surface area contributed by atoms with Crippen LogP contribution in [0, 0.1) is 0 Å². The van der Waals surface area contributed by atoms with Gasteiger partial charge >= 0.3 is 12.1 Å². The van der Waals surface area contributed by atoms with Crippen LogP contribution in [0.3, 0.4) is 0 Å². The highest BCUT2D eigenvalue weighted by molar-refractivity contribution is 7.89. The lowest BCUT2D eigenvalue weighted by molar-refractivity contribution is -0.145. The number of carbonyl (C=O) groups excluding carboxylic acids is 1. The predicted molar refractivity (Wildman–Crippen MR) is 97.3 cm³/mol. The van der Waals surface area contributed by atoms with Gasteiger partial charge in [-0.3, -0.25) is 4.79 Å². The van der Waals surface area contributed by atoms with E-state index in [1.165, 1.54) is 0 Å². The highest BCUT2D eigenvalue weighted by Gasteiger charge is 2.34. The standard InChI is InChI=1S/C18H17ClF3NO4S/c1-2-27-17(24)15(10-12-6-4-3-5-7-12)23-28(25,26)16-11-13(18(20,21)22)8-9-14(16)19/h3-9,11,15,23H,2,10H2,1H3. The van der Waals surface area contributed by atoms with Gasteiger partial charge < -0.3 is 4.74 Å². The second-order valence-electron chi connectivity index (χ2n) is 5.76. The molecule has 0 radical (unpaired) electrons. The number of hydrogen-bond donors (Lipinski definition) is 1. The van der Waals surface area contributed by atoms with Gasteiger partial charge in [0.15, 0.2) is 0 Å². The Bertz CT molecular complexity index is 934. The topological polar surface area (TPSA) is 72.5 Å². The van der Waals surface area contributed by atoms with E-state index in [9.17, 15) is 26.4 Å². The Balaban J connectivity index is 2.38. The molecule has 0 amide bonds. The van der Waals surface area contributed by atoms with E-state index in [1.54, 1.807) is 37.3 Å². The average Bonchev–Trinajstić information content (AvgIpc) is 2.61. The maximum absolute atomic E-state index is 12.9. The first kappa shape index (κ1) is 22.2. The van der Waals surface area contributed by atoms with Crippen molar-refractivity contribution in [2.45, 2.75) is 30.5 Å². The molecule has 0 aliphatic rings. The van der Waals surface area contributed by atoms with Crippen LogP contribution in [0.5, 0.6) is 0 Å². The monoisotopic (exact) mass is 435 g/mol. The molecule has 0 fully saturated rings. The van der Waals surface area contributed by atoms with Gasteiger partial charge in [0.05, 0.1) is 17.2 Å². The fourth-order valence-corrected chi connectivity index (χ4v) is 4.11. The van der Waals surface area contributed by atoms with Gasteiger partial charge in [0.1, 0.15) is 10.9 Å². The lowest BCUT2D eigenvalue weighted by Gasteiger charge is -2.18. The van der Waals surface area contributed by atoms with Gasteiger partial charge in [0.25, 0.3) is 0 Å². The molecule has 5 nitrogen and oxygen atoms in total. The minimum atomic E-state index is -4.75. The van der Waals surface area contributed by atoms with E-state index in [1.807, 2.05) is 0 Å². The summed E-state index contributed by atoms with van der Waals surface area (Å²) in [6.07, 6.45) is -4.80. The Morgan fingerprint density at radius 1 is 1.18 bits per heavy atom. The van der Waals surface area contributed by atoms with Crippen LogP contribution in [0.15, 0.2) is 53.4 Å². The Morgan fingerprint density at radius 3 is 2.39 bits per heavy atom. The molecule has 1 N–H and O–H groups in total. The molecule has 0 bridgehead atoms. The number of esters is 1. The molecule has 0 spiro atoms. The Kier molecular flexibility index (Phi) is 7.08. The molecule has 28 heavy (non-hydrogen) atoms. The molecular formula is C18H17ClF3NO4S. The van der Waals surface area contributed by atoms with Crippen molar-refractivity contribution >= 4 is 27.6 Å². The molecule has 10 heteroatoms. The first-order chi connectivity index (χ1) is 13.0. The third kappa shape index (κ3) is 5.70. The number of ether oxygens (including phenoxy) is 1. The zero-order valence-electron chi connectivity index (χ0n) is 14.7. The van der Waals surface area contributed by atoms with Crippen molar-refractivity contribution < 1.29 is 31.1 Å². The highest BCUT2D eigenvalue weighted by Crippen LogP contribution is 2.33. The maximum Gasteiger partial charge on any atom is 0.416 e. The van der Waals surface area contributed by atoms with Crippen LogP contribution in [0.1, 0.15) is 18.1 Å². The van der Waals surface area contributed by atoms with Crippen LogP contribution in [-0.4, -0.2) is 27.0 Å². The average molecular weight is 436 g/mol. The van der Waals surface area contributed by atoms with Crippen LogP contribution in [0.4, 0.5) is 13.2 Å². The van der Waals surface area contributed by atoms with E-state index >= 15 is 0 Å². The highest BCUT2D eigenvalue weighted by atomic mass is 35.5. The van der Waals surface area contributed by atoms with Crippen LogP contribution < -0.4 is 4.72 Å². The van der Waals surface area contributed by atoms with E-state index < -0.39 is 43.7 Å². The molecule has 0 aliphatic heterocycles. The van der Waals surface area contributed by atoms with Gasteiger partial charge in [0.2, 0.25) is 10.0 Å².